The number of hydrogen-bond acceptors (Lipinski definition) is 4. The second kappa shape index (κ2) is 5.39. The van der Waals surface area contributed by atoms with Crippen molar-refractivity contribution in [2.75, 3.05) is 11.5 Å². The molecule has 0 aliphatic carbocycles. The van der Waals surface area contributed by atoms with Crippen molar-refractivity contribution in [1.29, 1.82) is 0 Å². The molecule has 0 fully saturated rings. The number of nitrogen functional groups attached to an aromatic ring is 2. The summed E-state index contributed by atoms with van der Waals surface area (Å²) < 4.78 is 0. The molecule has 1 aromatic carbocycles. The molecule has 19 heavy (non-hydrogen) atoms. The fourth-order valence-corrected chi connectivity index (χ4v) is 1.79. The first kappa shape index (κ1) is 12.9. The van der Waals surface area contributed by atoms with Crippen molar-refractivity contribution in [1.82, 2.24) is 10.3 Å². The Hall–Kier alpha value is -2.56. The van der Waals surface area contributed by atoms with Crippen LogP contribution in [0.1, 0.15) is 21.5 Å². The van der Waals surface area contributed by atoms with Gasteiger partial charge in [0.2, 0.25) is 0 Å². The number of nitrogens with one attached hydrogen (secondary N) is 1. The summed E-state index contributed by atoms with van der Waals surface area (Å²) in [6.45, 7) is 2.40. The summed E-state index contributed by atoms with van der Waals surface area (Å²) in [6, 6.07) is 6.70. The van der Waals surface area contributed by atoms with Gasteiger partial charge in [0.1, 0.15) is 0 Å². The van der Waals surface area contributed by atoms with Crippen molar-refractivity contribution >= 4 is 17.3 Å². The van der Waals surface area contributed by atoms with Crippen LogP contribution in [0.25, 0.3) is 0 Å². The minimum absolute atomic E-state index is 0.199. The summed E-state index contributed by atoms with van der Waals surface area (Å²) in [6.07, 6.45) is 3.47. The van der Waals surface area contributed by atoms with Crippen LogP contribution < -0.4 is 16.8 Å². The Labute approximate surface area is 111 Å². The monoisotopic (exact) mass is 256 g/mol. The third-order valence-corrected chi connectivity index (χ3v) is 2.82. The predicted molar refractivity (Wildman–Crippen MR) is 75.4 cm³/mol. The largest absolute Gasteiger partial charge is 0.399 e. The van der Waals surface area contributed by atoms with E-state index in [0.717, 1.165) is 11.1 Å². The van der Waals surface area contributed by atoms with Gasteiger partial charge in [-0.05, 0) is 42.3 Å². The lowest BCUT2D eigenvalue weighted by Gasteiger charge is -2.08. The highest BCUT2D eigenvalue weighted by Gasteiger charge is 2.07. The lowest BCUT2D eigenvalue weighted by atomic mass is 10.1. The number of benzene rings is 1. The number of pyridine rings is 1. The lowest BCUT2D eigenvalue weighted by molar-refractivity contribution is 0.0951. The first-order valence-corrected chi connectivity index (χ1v) is 5.90. The van der Waals surface area contributed by atoms with Gasteiger partial charge in [-0.25, -0.2) is 0 Å². The molecule has 5 N–H and O–H groups in total. The first-order valence-electron chi connectivity index (χ1n) is 5.90. The topological polar surface area (TPSA) is 94.0 Å². The quantitative estimate of drug-likeness (QED) is 0.725. The molecule has 1 aromatic heterocycles. The molecule has 0 saturated heterocycles. The zero-order chi connectivity index (χ0) is 13.8. The molecule has 1 amide bonds. The maximum atomic E-state index is 12.0. The van der Waals surface area contributed by atoms with Crippen LogP contribution in [0.4, 0.5) is 11.4 Å². The van der Waals surface area contributed by atoms with Crippen LogP contribution in [0, 0.1) is 6.92 Å². The van der Waals surface area contributed by atoms with Crippen LogP contribution in [0.3, 0.4) is 0 Å². The van der Waals surface area contributed by atoms with Gasteiger partial charge < -0.3 is 16.8 Å². The van der Waals surface area contributed by atoms with E-state index >= 15 is 0 Å². The van der Waals surface area contributed by atoms with E-state index in [1.165, 1.54) is 0 Å². The van der Waals surface area contributed by atoms with Crippen LogP contribution >= 0.6 is 0 Å². The highest BCUT2D eigenvalue weighted by molar-refractivity contribution is 5.96. The molecular weight excluding hydrogens is 240 g/mol. The van der Waals surface area contributed by atoms with Crippen LogP contribution in [-0.4, -0.2) is 10.9 Å². The van der Waals surface area contributed by atoms with E-state index in [4.69, 9.17) is 11.5 Å². The molecule has 0 atom stereocenters. The van der Waals surface area contributed by atoms with E-state index in [-0.39, 0.29) is 5.91 Å². The molecular formula is C14H16N4O. The van der Waals surface area contributed by atoms with Crippen LogP contribution in [0.5, 0.6) is 0 Å². The third kappa shape index (κ3) is 3.22. The summed E-state index contributed by atoms with van der Waals surface area (Å²) in [5, 5.41) is 2.83. The zero-order valence-electron chi connectivity index (χ0n) is 10.7. The highest BCUT2D eigenvalue weighted by Crippen LogP contribution is 2.14. The van der Waals surface area contributed by atoms with Gasteiger partial charge in [-0.1, -0.05) is 0 Å². The Kier molecular flexibility index (Phi) is 3.66. The van der Waals surface area contributed by atoms with Crippen molar-refractivity contribution in [3.05, 3.63) is 53.3 Å². The van der Waals surface area contributed by atoms with Gasteiger partial charge in [0.15, 0.2) is 0 Å². The van der Waals surface area contributed by atoms with Crippen LogP contribution in [0.15, 0.2) is 36.7 Å². The van der Waals surface area contributed by atoms with Crippen LogP contribution in [-0.2, 0) is 6.54 Å². The second-order valence-electron chi connectivity index (χ2n) is 4.37. The summed E-state index contributed by atoms with van der Waals surface area (Å²) in [4.78, 5) is 16.0. The smallest absolute Gasteiger partial charge is 0.251 e. The number of nitrogens with zero attached hydrogens (tertiary/aromatic N) is 1. The van der Waals surface area contributed by atoms with Crippen LogP contribution in [0.2, 0.25) is 0 Å². The molecule has 0 spiro atoms. The van der Waals surface area contributed by atoms with E-state index < -0.39 is 0 Å². The lowest BCUT2D eigenvalue weighted by Crippen LogP contribution is -2.23. The maximum Gasteiger partial charge on any atom is 0.251 e. The number of aromatic nitrogens is 1. The minimum atomic E-state index is -0.199. The zero-order valence-corrected chi connectivity index (χ0v) is 10.7. The van der Waals surface area contributed by atoms with Crippen molar-refractivity contribution in [3.63, 3.8) is 0 Å². The minimum Gasteiger partial charge on any atom is -0.399 e. The molecule has 5 heteroatoms. The van der Waals surface area contributed by atoms with E-state index in [0.29, 0.717) is 23.5 Å². The molecule has 1 heterocycles. The summed E-state index contributed by atoms with van der Waals surface area (Å²) >= 11 is 0. The van der Waals surface area contributed by atoms with Crippen molar-refractivity contribution < 1.29 is 4.79 Å². The Morgan fingerprint density at radius 1 is 1.26 bits per heavy atom. The van der Waals surface area contributed by atoms with Gasteiger partial charge in [0.25, 0.3) is 5.91 Å². The molecule has 0 aliphatic heterocycles. The maximum absolute atomic E-state index is 12.0. The van der Waals surface area contributed by atoms with Crippen molar-refractivity contribution in [2.24, 2.45) is 0 Å². The fourth-order valence-electron chi connectivity index (χ4n) is 1.79. The average Bonchev–Trinajstić information content (AvgIpc) is 2.36. The number of aryl methyl sites for hydroxylation is 1. The van der Waals surface area contributed by atoms with Crippen molar-refractivity contribution in [2.45, 2.75) is 13.5 Å². The Morgan fingerprint density at radius 3 is 2.58 bits per heavy atom. The Bertz CT molecular complexity index is 590. The number of amides is 1. The molecule has 2 aromatic rings. The van der Waals surface area contributed by atoms with Gasteiger partial charge in [-0.2, -0.15) is 0 Å². The molecule has 0 unspecified atom stereocenters. The molecule has 5 nitrogen and oxygen atoms in total. The molecule has 0 aliphatic rings. The van der Waals surface area contributed by atoms with Gasteiger partial charge in [0, 0.05) is 35.9 Å². The third-order valence-electron chi connectivity index (χ3n) is 2.82. The van der Waals surface area contributed by atoms with Gasteiger partial charge in [-0.3, -0.25) is 9.78 Å². The number of carbonyl (C=O) groups excluding carboxylic acids is 1. The first-order chi connectivity index (χ1) is 9.06. The van der Waals surface area contributed by atoms with E-state index in [2.05, 4.69) is 10.3 Å². The van der Waals surface area contributed by atoms with Crippen molar-refractivity contribution in [3.8, 4) is 0 Å². The van der Waals surface area contributed by atoms with Gasteiger partial charge >= 0.3 is 0 Å². The molecule has 0 saturated carbocycles. The summed E-state index contributed by atoms with van der Waals surface area (Å²) in [5.41, 5.74) is 14.8. The summed E-state index contributed by atoms with van der Waals surface area (Å²) in [5.74, 6) is -0.199. The number of nitrogens with two attached hydrogens (primary N) is 2. The number of hydrogen-bond donors (Lipinski definition) is 3. The average molecular weight is 256 g/mol. The molecule has 2 rings (SSSR count). The highest BCUT2D eigenvalue weighted by atomic mass is 16.1. The van der Waals surface area contributed by atoms with Gasteiger partial charge in [-0.15, -0.1) is 0 Å². The number of anilines is 2. The molecule has 0 bridgehead atoms. The normalized spacial score (nSPS) is 10.2. The van der Waals surface area contributed by atoms with Gasteiger partial charge in [0.05, 0.1) is 0 Å². The molecule has 98 valence electrons. The summed E-state index contributed by atoms with van der Waals surface area (Å²) in [7, 11) is 0. The van der Waals surface area contributed by atoms with E-state index in [9.17, 15) is 4.79 Å². The predicted octanol–water partition coefficient (Wildman–Crippen LogP) is 1.48. The fraction of sp³-hybridized carbons (Fsp3) is 0.143. The standard InChI is InChI=1S/C14H16N4O/c1-9-7-17-3-2-10(9)8-18-14(19)11-4-12(15)6-13(16)5-11/h2-7H,8,15-16H2,1H3,(H,18,19). The Balaban J connectivity index is 2.08. The van der Waals surface area contributed by atoms with E-state index in [1.54, 1.807) is 30.6 Å². The number of rotatable bonds is 3. The molecule has 0 radical (unpaired) electrons. The van der Waals surface area contributed by atoms with E-state index in [1.807, 2.05) is 13.0 Å². The second-order valence-corrected chi connectivity index (χ2v) is 4.37. The SMILES string of the molecule is Cc1cnccc1CNC(=O)c1cc(N)cc(N)c1. The Morgan fingerprint density at radius 2 is 1.95 bits per heavy atom. The number of carbonyl (C=O) groups is 1.